The summed E-state index contributed by atoms with van der Waals surface area (Å²) in [4.78, 5) is 9.95. The van der Waals surface area contributed by atoms with Crippen LogP contribution in [0.25, 0.3) is 27.5 Å². The van der Waals surface area contributed by atoms with Crippen LogP contribution < -0.4 is 9.47 Å². The molecule has 0 atom stereocenters. The first-order valence-electron chi connectivity index (χ1n) is 12.1. The van der Waals surface area contributed by atoms with Gasteiger partial charge < -0.3 is 9.47 Å². The largest absolute Gasteiger partial charge is 0.573 e. The zero-order chi connectivity index (χ0) is 27.6. The van der Waals surface area contributed by atoms with Gasteiger partial charge in [-0.15, -0.1) is 13.2 Å². The zero-order valence-corrected chi connectivity index (χ0v) is 22.0. The van der Waals surface area contributed by atoms with E-state index in [4.69, 9.17) is 17.0 Å². The fraction of sp³-hybridized carbons (Fsp3) is 0.167. The summed E-state index contributed by atoms with van der Waals surface area (Å²) in [5, 5.41) is 1.96. The molecule has 0 fully saturated rings. The van der Waals surface area contributed by atoms with E-state index in [1.807, 2.05) is 66.2 Å². The fourth-order valence-corrected chi connectivity index (χ4v) is 4.74. The van der Waals surface area contributed by atoms with E-state index in [0.29, 0.717) is 18.7 Å². The molecule has 4 aromatic carbocycles. The molecule has 198 valence electrons. The molecule has 0 aliphatic heterocycles. The maximum atomic E-state index is 12.5. The van der Waals surface area contributed by atoms with E-state index in [-0.39, 0.29) is 5.75 Å². The van der Waals surface area contributed by atoms with Gasteiger partial charge >= 0.3 is 6.36 Å². The van der Waals surface area contributed by atoms with Gasteiger partial charge in [-0.2, -0.15) is 0 Å². The summed E-state index contributed by atoms with van der Waals surface area (Å²) < 4.78 is 48.7. The normalized spacial score (nSPS) is 11.9. The summed E-state index contributed by atoms with van der Waals surface area (Å²) in [6.45, 7) is 2.48. The molecule has 5 aromatic rings. The van der Waals surface area contributed by atoms with Gasteiger partial charge in [-0.25, -0.2) is 4.98 Å². The predicted molar refractivity (Wildman–Crippen MR) is 152 cm³/mol. The van der Waals surface area contributed by atoms with Gasteiger partial charge in [-0.05, 0) is 65.9 Å². The minimum absolute atomic E-state index is 0.272. The van der Waals surface area contributed by atoms with E-state index in [1.54, 1.807) is 25.6 Å². The van der Waals surface area contributed by atoms with Gasteiger partial charge in [0.05, 0.1) is 24.7 Å². The van der Waals surface area contributed by atoms with Crippen LogP contribution in [-0.2, 0) is 6.42 Å². The van der Waals surface area contributed by atoms with E-state index >= 15 is 0 Å². The van der Waals surface area contributed by atoms with Crippen molar-refractivity contribution in [2.45, 2.75) is 19.7 Å². The molecular weight excluding hydrogens is 523 g/mol. The van der Waals surface area contributed by atoms with E-state index in [0.717, 1.165) is 49.1 Å². The monoisotopic (exact) mass is 547 g/mol. The molecule has 5 rings (SSSR count). The van der Waals surface area contributed by atoms with E-state index in [2.05, 4.69) is 14.7 Å². The number of ether oxygens (including phenoxy) is 2. The number of aryl methyl sites for hydroxylation is 1. The summed E-state index contributed by atoms with van der Waals surface area (Å²) >= 11 is 5.58. The van der Waals surface area contributed by atoms with Gasteiger partial charge in [0, 0.05) is 34.1 Å². The highest BCUT2D eigenvalue weighted by atomic mass is 32.1. The van der Waals surface area contributed by atoms with Crippen LogP contribution in [0.5, 0.6) is 11.5 Å². The van der Waals surface area contributed by atoms with Gasteiger partial charge in [0.15, 0.2) is 0 Å². The van der Waals surface area contributed by atoms with Gasteiger partial charge in [-0.1, -0.05) is 42.5 Å². The van der Waals surface area contributed by atoms with Gasteiger partial charge in [-0.3, -0.25) is 9.56 Å². The van der Waals surface area contributed by atoms with Crippen molar-refractivity contribution in [3.8, 4) is 17.2 Å². The molecule has 0 saturated carbocycles. The summed E-state index contributed by atoms with van der Waals surface area (Å²) in [5.41, 5.74) is 5.47. The number of halogens is 3. The Morgan fingerprint density at radius 2 is 1.85 bits per heavy atom. The van der Waals surface area contributed by atoms with Crippen molar-refractivity contribution >= 4 is 45.1 Å². The molecule has 9 heteroatoms. The first-order valence-corrected chi connectivity index (χ1v) is 12.5. The molecule has 0 radical (unpaired) electrons. The number of fused-ring (bicyclic) bond motifs is 3. The summed E-state index contributed by atoms with van der Waals surface area (Å²) in [7, 11) is 1.66. The fourth-order valence-electron chi connectivity index (χ4n) is 4.52. The Bertz CT molecular complexity index is 1690. The molecule has 0 spiro atoms. The Hall–Kier alpha value is -4.24. The number of thiocarbonyl (C=S) groups is 1. The Labute approximate surface area is 228 Å². The number of imidazole rings is 1. The van der Waals surface area contributed by atoms with Crippen LogP contribution in [0.4, 0.5) is 13.2 Å². The van der Waals surface area contributed by atoms with Crippen LogP contribution in [0, 0.1) is 6.92 Å². The zero-order valence-electron chi connectivity index (χ0n) is 21.2. The van der Waals surface area contributed by atoms with Crippen molar-refractivity contribution < 1.29 is 22.6 Å². The molecule has 0 unspecified atom stereocenters. The number of rotatable bonds is 8. The maximum absolute atomic E-state index is 12.5. The second kappa shape index (κ2) is 10.9. The molecule has 0 saturated heterocycles. The van der Waals surface area contributed by atoms with Crippen LogP contribution in [0.15, 0.2) is 84.1 Å². The highest BCUT2D eigenvalue weighted by Crippen LogP contribution is 2.29. The predicted octanol–water partition coefficient (Wildman–Crippen LogP) is 7.43. The van der Waals surface area contributed by atoms with Crippen molar-refractivity contribution in [3.05, 3.63) is 95.8 Å². The van der Waals surface area contributed by atoms with Gasteiger partial charge in [0.25, 0.3) is 0 Å². The minimum Gasteiger partial charge on any atom is -0.496 e. The number of hydrogen-bond acceptors (Lipinski definition) is 5. The van der Waals surface area contributed by atoms with E-state index < -0.39 is 6.36 Å². The van der Waals surface area contributed by atoms with Gasteiger partial charge in [0.2, 0.25) is 0 Å². The number of aliphatic imine (C=N–C) groups is 1. The second-order valence-corrected chi connectivity index (χ2v) is 9.59. The Morgan fingerprint density at radius 3 is 2.59 bits per heavy atom. The van der Waals surface area contributed by atoms with Crippen molar-refractivity contribution in [3.63, 3.8) is 0 Å². The molecule has 1 aromatic heterocycles. The van der Waals surface area contributed by atoms with Crippen LogP contribution >= 0.6 is 12.2 Å². The lowest BCUT2D eigenvalue weighted by Gasteiger charge is -2.11. The first kappa shape index (κ1) is 26.4. The lowest BCUT2D eigenvalue weighted by atomic mass is 10.0. The van der Waals surface area contributed by atoms with Crippen molar-refractivity contribution in [1.29, 1.82) is 0 Å². The molecular formula is C30H24F3N3O2S. The Kier molecular flexibility index (Phi) is 7.34. The smallest absolute Gasteiger partial charge is 0.496 e. The number of hydrogen-bond donors (Lipinski definition) is 0. The highest BCUT2D eigenvalue weighted by Gasteiger charge is 2.31. The molecule has 0 amide bonds. The van der Waals surface area contributed by atoms with Crippen molar-refractivity contribution in [2.24, 2.45) is 4.99 Å². The lowest BCUT2D eigenvalue weighted by molar-refractivity contribution is -0.274. The van der Waals surface area contributed by atoms with Crippen LogP contribution in [0.3, 0.4) is 0 Å². The molecule has 0 aliphatic rings. The maximum Gasteiger partial charge on any atom is 0.573 e. The van der Waals surface area contributed by atoms with E-state index in [9.17, 15) is 13.2 Å². The number of alkyl halides is 3. The summed E-state index contributed by atoms with van der Waals surface area (Å²) in [6.07, 6.45) is -0.635. The molecule has 0 N–H and O–H groups in total. The molecule has 39 heavy (non-hydrogen) atoms. The van der Waals surface area contributed by atoms with Crippen LogP contribution in [0.2, 0.25) is 0 Å². The average molecular weight is 548 g/mol. The third kappa shape index (κ3) is 5.93. The Morgan fingerprint density at radius 1 is 1.05 bits per heavy atom. The number of aromatic nitrogens is 2. The summed E-state index contributed by atoms with van der Waals surface area (Å²) in [6, 6.07) is 21.6. The summed E-state index contributed by atoms with van der Waals surface area (Å²) in [5.74, 6) is 0.558. The lowest BCUT2D eigenvalue weighted by Crippen LogP contribution is -2.17. The van der Waals surface area contributed by atoms with Crippen LogP contribution in [-0.4, -0.2) is 40.6 Å². The number of benzene rings is 4. The Balaban J connectivity index is 1.32. The van der Waals surface area contributed by atoms with Crippen molar-refractivity contribution in [1.82, 2.24) is 9.55 Å². The third-order valence-corrected chi connectivity index (χ3v) is 6.65. The molecule has 0 aliphatic carbocycles. The van der Waals surface area contributed by atoms with E-state index in [1.165, 1.54) is 12.1 Å². The highest BCUT2D eigenvalue weighted by molar-refractivity contribution is 7.80. The first-order chi connectivity index (χ1) is 18.7. The number of methoxy groups -OCH3 is 1. The third-order valence-electron chi connectivity index (χ3n) is 6.37. The topological polar surface area (TPSA) is 48.6 Å². The SMILES string of the molecule is COc1cccc(C)c1CC(=S)CN=Cc1ccc2c(ccc3c2ncn3-c2ccc(OC(F)(F)F)cc2)c1. The van der Waals surface area contributed by atoms with Crippen LogP contribution in [0.1, 0.15) is 16.7 Å². The number of nitrogens with zero attached hydrogens (tertiary/aromatic N) is 3. The molecule has 5 nitrogen and oxygen atoms in total. The quantitative estimate of drug-likeness (QED) is 0.150. The average Bonchev–Trinajstić information content (AvgIpc) is 3.34. The molecule has 0 bridgehead atoms. The van der Waals surface area contributed by atoms with Gasteiger partial charge in [0.1, 0.15) is 17.8 Å². The minimum atomic E-state index is -4.73. The van der Waals surface area contributed by atoms with Crippen molar-refractivity contribution in [2.75, 3.05) is 13.7 Å². The standard InChI is InChI=1S/C30H24F3N3O2S/c1-19-4-3-5-28(37-2)26(19)15-24(39)17-34-16-20-6-12-25-21(14-20)7-13-27-29(25)35-18-36(27)22-8-10-23(11-9-22)38-30(31,32)33/h3-14,16,18H,15,17H2,1-2H3. The molecule has 1 heterocycles. The second-order valence-electron chi connectivity index (χ2n) is 9.01.